The molecule has 1 heterocycles. The van der Waals surface area contributed by atoms with Gasteiger partial charge in [0.1, 0.15) is 6.61 Å². The van der Waals surface area contributed by atoms with E-state index in [1.54, 1.807) is 13.2 Å². The number of hydrazone groups is 1. The van der Waals surface area contributed by atoms with Gasteiger partial charge in [0.05, 0.1) is 23.7 Å². The number of hydrogen-bond acceptors (Lipinski definition) is 4. The van der Waals surface area contributed by atoms with Crippen molar-refractivity contribution < 1.29 is 14.3 Å². The fraction of sp³-hybridized carbons (Fsp3) is 0.304. The number of benzene rings is 2. The summed E-state index contributed by atoms with van der Waals surface area (Å²) < 4.78 is 11.0. The summed E-state index contributed by atoms with van der Waals surface area (Å²) in [6, 6.07) is 11.6. The fourth-order valence-electron chi connectivity index (χ4n) is 3.30. The maximum atomic E-state index is 13.0. The van der Waals surface area contributed by atoms with E-state index in [0.717, 1.165) is 23.4 Å². The van der Waals surface area contributed by atoms with Gasteiger partial charge in [-0.05, 0) is 55.2 Å². The molecule has 1 aliphatic rings. The minimum absolute atomic E-state index is 0.0474. The first-order chi connectivity index (χ1) is 14.0. The molecule has 0 saturated heterocycles. The van der Waals surface area contributed by atoms with Gasteiger partial charge in [-0.2, -0.15) is 5.10 Å². The number of anilines is 1. The van der Waals surface area contributed by atoms with Crippen LogP contribution < -0.4 is 14.5 Å². The second-order valence-corrected chi connectivity index (χ2v) is 7.28. The van der Waals surface area contributed by atoms with Gasteiger partial charge in [-0.15, -0.1) is 0 Å². The molecule has 152 valence electrons. The number of carbonyl (C=O) groups excluding carboxylic acids is 1. The normalized spacial score (nSPS) is 16.0. The maximum Gasteiger partial charge on any atom is 0.256 e. The maximum absolute atomic E-state index is 13.0. The molecule has 0 fully saturated rings. The molecule has 0 radical (unpaired) electrons. The number of hydrogen-bond donors (Lipinski definition) is 0. The van der Waals surface area contributed by atoms with Crippen molar-refractivity contribution in [1.29, 1.82) is 0 Å². The molecule has 2 aromatic carbocycles. The number of aryl methyl sites for hydroxylation is 1. The summed E-state index contributed by atoms with van der Waals surface area (Å²) >= 11 is 6.40. The van der Waals surface area contributed by atoms with Crippen molar-refractivity contribution in [3.63, 3.8) is 0 Å². The summed E-state index contributed by atoms with van der Waals surface area (Å²) in [4.78, 5) is 13.0. The molecule has 6 heteroatoms. The molecule has 5 nitrogen and oxygen atoms in total. The van der Waals surface area contributed by atoms with Gasteiger partial charge in [-0.3, -0.25) is 4.79 Å². The highest BCUT2D eigenvalue weighted by Gasteiger charge is 2.34. The molecule has 0 aliphatic carbocycles. The smallest absolute Gasteiger partial charge is 0.256 e. The molecule has 29 heavy (non-hydrogen) atoms. The Kier molecular flexibility index (Phi) is 6.60. The van der Waals surface area contributed by atoms with Crippen LogP contribution in [0.5, 0.6) is 11.5 Å². The Morgan fingerprint density at radius 1 is 1.24 bits per heavy atom. The van der Waals surface area contributed by atoms with Crippen molar-refractivity contribution >= 4 is 28.9 Å². The lowest BCUT2D eigenvalue weighted by Crippen LogP contribution is -2.28. The topological polar surface area (TPSA) is 51.1 Å². The molecule has 2 aromatic rings. The van der Waals surface area contributed by atoms with Crippen molar-refractivity contribution in [3.05, 3.63) is 65.2 Å². The number of ether oxygens (including phenoxy) is 2. The van der Waals surface area contributed by atoms with Crippen LogP contribution in [0.25, 0.3) is 0 Å². The SMILES string of the molecule is C=CCOc1c(Cl)cc(CC2C(=O)N(c3ccc(CC)cc3)N=C2C)cc1OC. The molecule has 1 unspecified atom stereocenters. The number of rotatable bonds is 8. The van der Waals surface area contributed by atoms with Gasteiger partial charge in [0, 0.05) is 5.71 Å². The molecule has 0 bridgehead atoms. The minimum Gasteiger partial charge on any atom is -0.493 e. The molecule has 0 N–H and O–H groups in total. The minimum atomic E-state index is -0.346. The van der Waals surface area contributed by atoms with Crippen LogP contribution in [0, 0.1) is 5.92 Å². The van der Waals surface area contributed by atoms with Gasteiger partial charge in [0.25, 0.3) is 5.91 Å². The third-order valence-corrected chi connectivity index (χ3v) is 5.21. The van der Waals surface area contributed by atoms with E-state index >= 15 is 0 Å². The summed E-state index contributed by atoms with van der Waals surface area (Å²) in [7, 11) is 1.56. The summed E-state index contributed by atoms with van der Waals surface area (Å²) in [6.45, 7) is 7.95. The number of amides is 1. The second-order valence-electron chi connectivity index (χ2n) is 6.88. The Morgan fingerprint density at radius 2 is 1.97 bits per heavy atom. The van der Waals surface area contributed by atoms with Crippen LogP contribution in [-0.4, -0.2) is 25.3 Å². The monoisotopic (exact) mass is 412 g/mol. The van der Waals surface area contributed by atoms with Crippen molar-refractivity contribution in [2.45, 2.75) is 26.7 Å². The summed E-state index contributed by atoms with van der Waals surface area (Å²) in [5, 5.41) is 6.42. The van der Waals surface area contributed by atoms with Crippen LogP contribution in [-0.2, 0) is 17.6 Å². The molecule has 3 rings (SSSR count). The highest BCUT2D eigenvalue weighted by atomic mass is 35.5. The van der Waals surface area contributed by atoms with E-state index in [1.165, 1.54) is 10.6 Å². The van der Waals surface area contributed by atoms with E-state index in [0.29, 0.717) is 29.5 Å². The Morgan fingerprint density at radius 3 is 2.59 bits per heavy atom. The first kappa shape index (κ1) is 20.9. The van der Waals surface area contributed by atoms with E-state index in [1.807, 2.05) is 43.3 Å². The van der Waals surface area contributed by atoms with E-state index in [2.05, 4.69) is 18.6 Å². The third kappa shape index (κ3) is 4.46. The van der Waals surface area contributed by atoms with Gasteiger partial charge in [-0.1, -0.05) is 43.3 Å². The predicted octanol–water partition coefficient (Wildman–Crippen LogP) is 5.06. The van der Waals surface area contributed by atoms with E-state index < -0.39 is 0 Å². The van der Waals surface area contributed by atoms with Crippen LogP contribution in [0.2, 0.25) is 5.02 Å². The first-order valence-corrected chi connectivity index (χ1v) is 9.94. The number of nitrogens with zero attached hydrogens (tertiary/aromatic N) is 2. The van der Waals surface area contributed by atoms with Crippen LogP contribution in [0.4, 0.5) is 5.69 Å². The number of carbonyl (C=O) groups is 1. The van der Waals surface area contributed by atoms with Crippen LogP contribution >= 0.6 is 11.6 Å². The Bertz CT molecular complexity index is 938. The molecule has 1 amide bonds. The largest absolute Gasteiger partial charge is 0.493 e. The lowest BCUT2D eigenvalue weighted by Gasteiger charge is -2.16. The van der Waals surface area contributed by atoms with Crippen LogP contribution in [0.3, 0.4) is 0 Å². The molecular formula is C23H25ClN2O3. The summed E-state index contributed by atoms with van der Waals surface area (Å²) in [5.74, 6) is 0.607. The van der Waals surface area contributed by atoms with Gasteiger partial charge >= 0.3 is 0 Å². The van der Waals surface area contributed by atoms with Gasteiger partial charge in [-0.25, -0.2) is 5.01 Å². The zero-order chi connectivity index (χ0) is 21.0. The molecular weight excluding hydrogens is 388 g/mol. The quantitative estimate of drug-likeness (QED) is 0.569. The Balaban J connectivity index is 1.81. The first-order valence-electron chi connectivity index (χ1n) is 9.56. The zero-order valence-electron chi connectivity index (χ0n) is 16.9. The molecule has 1 atom stereocenters. The average molecular weight is 413 g/mol. The lowest BCUT2D eigenvalue weighted by molar-refractivity contribution is -0.119. The zero-order valence-corrected chi connectivity index (χ0v) is 17.7. The highest BCUT2D eigenvalue weighted by molar-refractivity contribution is 6.32. The Hall–Kier alpha value is -2.79. The van der Waals surface area contributed by atoms with Gasteiger partial charge in [0.2, 0.25) is 0 Å². The van der Waals surface area contributed by atoms with Crippen molar-refractivity contribution in [3.8, 4) is 11.5 Å². The average Bonchev–Trinajstić information content (AvgIpc) is 3.01. The molecule has 0 spiro atoms. The Labute approximate surface area is 176 Å². The molecule has 0 saturated carbocycles. The molecule has 1 aliphatic heterocycles. The standard InChI is InChI=1S/C23H25ClN2O3/c1-5-11-29-22-20(24)13-17(14-21(22)28-4)12-19-15(3)25-26(23(19)27)18-9-7-16(6-2)8-10-18/h5,7-10,13-14,19H,1,6,11-12H2,2-4H3. The second kappa shape index (κ2) is 9.14. The van der Waals surface area contributed by atoms with Crippen molar-refractivity contribution in [2.24, 2.45) is 11.0 Å². The molecule has 0 aromatic heterocycles. The number of halogens is 1. The summed E-state index contributed by atoms with van der Waals surface area (Å²) in [6.07, 6.45) is 3.08. The fourth-order valence-corrected chi connectivity index (χ4v) is 3.59. The third-order valence-electron chi connectivity index (χ3n) is 4.93. The van der Waals surface area contributed by atoms with Crippen LogP contribution in [0.15, 0.2) is 54.2 Å². The van der Waals surface area contributed by atoms with E-state index in [9.17, 15) is 4.79 Å². The van der Waals surface area contributed by atoms with Gasteiger partial charge < -0.3 is 9.47 Å². The van der Waals surface area contributed by atoms with Crippen LogP contribution in [0.1, 0.15) is 25.0 Å². The van der Waals surface area contributed by atoms with Crippen molar-refractivity contribution in [1.82, 2.24) is 0 Å². The van der Waals surface area contributed by atoms with E-state index in [-0.39, 0.29) is 11.8 Å². The lowest BCUT2D eigenvalue weighted by atomic mass is 9.95. The summed E-state index contributed by atoms with van der Waals surface area (Å²) in [5.41, 5.74) is 3.65. The van der Waals surface area contributed by atoms with Gasteiger partial charge in [0.15, 0.2) is 11.5 Å². The highest BCUT2D eigenvalue weighted by Crippen LogP contribution is 2.37. The number of methoxy groups -OCH3 is 1. The van der Waals surface area contributed by atoms with E-state index in [4.69, 9.17) is 21.1 Å². The predicted molar refractivity (Wildman–Crippen MR) is 117 cm³/mol. The van der Waals surface area contributed by atoms with Crippen molar-refractivity contribution in [2.75, 3.05) is 18.7 Å².